The molecule has 0 aliphatic rings. The summed E-state index contributed by atoms with van der Waals surface area (Å²) in [4.78, 5) is 31.6. The van der Waals surface area contributed by atoms with Crippen LogP contribution in [0.15, 0.2) is 18.2 Å². The van der Waals surface area contributed by atoms with Gasteiger partial charge < -0.3 is 5.11 Å². The molecule has 0 bridgehead atoms. The predicted octanol–water partition coefficient (Wildman–Crippen LogP) is 1.63. The van der Waals surface area contributed by atoms with Crippen LogP contribution in [0, 0.1) is 26.1 Å². The summed E-state index contributed by atoms with van der Waals surface area (Å²) in [6.07, 6.45) is 0.272. The van der Waals surface area contributed by atoms with Gasteiger partial charge in [-0.1, -0.05) is 0 Å². The second-order valence-corrected chi connectivity index (χ2v) is 4.35. The number of nitro groups is 2. The number of aliphatic hydroxyl groups is 1. The molecule has 1 aromatic rings. The van der Waals surface area contributed by atoms with Crippen molar-refractivity contribution in [1.82, 2.24) is 0 Å². The first-order valence-electron chi connectivity index (χ1n) is 5.89. The average molecular weight is 282 g/mol. The minimum atomic E-state index is -0.715. The molecule has 0 aliphatic heterocycles. The van der Waals surface area contributed by atoms with Gasteiger partial charge in [-0.05, 0) is 25.8 Å². The van der Waals surface area contributed by atoms with Gasteiger partial charge in [-0.15, -0.1) is 0 Å². The van der Waals surface area contributed by atoms with Gasteiger partial charge >= 0.3 is 0 Å². The summed E-state index contributed by atoms with van der Waals surface area (Å²) in [5.74, 6) is -0.730. The molecule has 0 aromatic heterocycles. The van der Waals surface area contributed by atoms with Crippen molar-refractivity contribution in [3.63, 3.8) is 0 Å². The fourth-order valence-electron chi connectivity index (χ4n) is 1.88. The quantitative estimate of drug-likeness (QED) is 0.598. The van der Waals surface area contributed by atoms with E-state index in [1.165, 1.54) is 19.1 Å². The number of Topliss-reactive ketones (excluding diaryl/α,β-unsaturated/α-hetero) is 1. The number of non-ortho nitro benzene ring substituents is 1. The number of carbonyl (C=O) groups is 1. The Hall–Kier alpha value is -2.35. The van der Waals surface area contributed by atoms with Crippen LogP contribution >= 0.6 is 0 Å². The Morgan fingerprint density at radius 3 is 2.40 bits per heavy atom. The number of rotatable bonds is 7. The van der Waals surface area contributed by atoms with Crippen LogP contribution in [-0.4, -0.2) is 27.3 Å². The summed E-state index contributed by atoms with van der Waals surface area (Å²) in [5, 5.41) is 30.5. The molecule has 8 nitrogen and oxygen atoms in total. The van der Waals surface area contributed by atoms with E-state index in [-0.39, 0.29) is 42.2 Å². The molecule has 0 aliphatic carbocycles. The first-order chi connectivity index (χ1) is 9.36. The molecule has 1 atom stereocenters. The Morgan fingerprint density at radius 1 is 1.30 bits per heavy atom. The number of hydrogen-bond donors (Lipinski definition) is 1. The molecule has 108 valence electrons. The third-order valence-corrected chi connectivity index (χ3v) is 3.00. The van der Waals surface area contributed by atoms with Crippen molar-refractivity contribution in [2.75, 3.05) is 6.61 Å². The van der Waals surface area contributed by atoms with Crippen molar-refractivity contribution in [2.24, 2.45) is 5.92 Å². The lowest BCUT2D eigenvalue weighted by Gasteiger charge is -2.12. The third-order valence-electron chi connectivity index (χ3n) is 3.00. The van der Waals surface area contributed by atoms with Crippen molar-refractivity contribution in [3.8, 4) is 0 Å². The Kier molecular flexibility index (Phi) is 5.27. The summed E-state index contributed by atoms with van der Waals surface area (Å²) in [5.41, 5.74) is -0.514. The van der Waals surface area contributed by atoms with Gasteiger partial charge in [-0.3, -0.25) is 25.0 Å². The van der Waals surface area contributed by atoms with E-state index in [1.807, 2.05) is 0 Å². The maximum atomic E-state index is 11.4. The molecule has 1 N–H and O–H groups in total. The molecular formula is C12H14N2O6. The van der Waals surface area contributed by atoms with E-state index in [4.69, 9.17) is 5.11 Å². The molecule has 1 unspecified atom stereocenters. The molecule has 0 spiro atoms. The summed E-state index contributed by atoms with van der Waals surface area (Å²) in [6, 6.07) is 3.33. The van der Waals surface area contributed by atoms with Crippen molar-refractivity contribution >= 4 is 17.2 Å². The highest BCUT2D eigenvalue weighted by molar-refractivity contribution is 5.78. The second-order valence-electron chi connectivity index (χ2n) is 4.35. The van der Waals surface area contributed by atoms with Crippen LogP contribution < -0.4 is 0 Å². The van der Waals surface area contributed by atoms with E-state index in [0.29, 0.717) is 0 Å². The predicted molar refractivity (Wildman–Crippen MR) is 69.3 cm³/mol. The smallest absolute Gasteiger partial charge is 0.279 e. The highest BCUT2D eigenvalue weighted by Gasteiger charge is 2.23. The van der Waals surface area contributed by atoms with E-state index in [9.17, 15) is 25.0 Å². The minimum Gasteiger partial charge on any atom is -0.396 e. The second kappa shape index (κ2) is 6.71. The zero-order chi connectivity index (χ0) is 15.3. The topological polar surface area (TPSA) is 124 Å². The Bertz CT molecular complexity index is 543. The van der Waals surface area contributed by atoms with E-state index in [2.05, 4.69) is 0 Å². The lowest BCUT2D eigenvalue weighted by atomic mass is 9.92. The van der Waals surface area contributed by atoms with Gasteiger partial charge in [0.2, 0.25) is 0 Å². The van der Waals surface area contributed by atoms with E-state index >= 15 is 0 Å². The Labute approximate surface area is 114 Å². The largest absolute Gasteiger partial charge is 0.396 e. The average Bonchev–Trinajstić information content (AvgIpc) is 2.37. The van der Waals surface area contributed by atoms with Crippen LogP contribution in [0.3, 0.4) is 0 Å². The Morgan fingerprint density at radius 2 is 1.95 bits per heavy atom. The fraction of sp³-hybridized carbons (Fsp3) is 0.417. The number of benzene rings is 1. The maximum absolute atomic E-state index is 11.4. The van der Waals surface area contributed by atoms with E-state index in [0.717, 1.165) is 6.07 Å². The van der Waals surface area contributed by atoms with Gasteiger partial charge in [-0.2, -0.15) is 0 Å². The molecule has 0 saturated carbocycles. The summed E-state index contributed by atoms with van der Waals surface area (Å²) in [6.45, 7) is 1.14. The summed E-state index contributed by atoms with van der Waals surface area (Å²) >= 11 is 0. The highest BCUT2D eigenvalue weighted by Crippen LogP contribution is 2.27. The SMILES string of the molecule is CC(=O)C(CCO)Cc1ccc([N+](=O)[O-])cc1[N+](=O)[O-]. The standard InChI is InChI=1S/C12H14N2O6/c1-8(16)9(4-5-15)6-10-2-3-11(13(17)18)7-12(10)14(19)20/h2-3,7,9,15H,4-6H2,1H3. The normalized spacial score (nSPS) is 11.9. The van der Waals surface area contributed by atoms with Crippen molar-refractivity contribution in [1.29, 1.82) is 0 Å². The van der Waals surface area contributed by atoms with Crippen molar-refractivity contribution < 1.29 is 19.7 Å². The number of aliphatic hydroxyl groups excluding tert-OH is 1. The lowest BCUT2D eigenvalue weighted by molar-refractivity contribution is -0.394. The fourth-order valence-corrected chi connectivity index (χ4v) is 1.88. The van der Waals surface area contributed by atoms with Crippen LogP contribution in [0.5, 0.6) is 0 Å². The van der Waals surface area contributed by atoms with Crippen LogP contribution in [0.2, 0.25) is 0 Å². The molecule has 1 aromatic carbocycles. The Balaban J connectivity index is 3.13. The monoisotopic (exact) mass is 282 g/mol. The number of nitro benzene ring substituents is 2. The number of hydrogen-bond acceptors (Lipinski definition) is 6. The third kappa shape index (κ3) is 3.82. The number of nitrogens with zero attached hydrogens (tertiary/aromatic N) is 2. The van der Waals surface area contributed by atoms with Gasteiger partial charge in [0, 0.05) is 24.2 Å². The molecule has 0 fully saturated rings. The molecule has 1 rings (SSSR count). The van der Waals surface area contributed by atoms with Crippen molar-refractivity contribution in [2.45, 2.75) is 19.8 Å². The highest BCUT2D eigenvalue weighted by atomic mass is 16.6. The zero-order valence-corrected chi connectivity index (χ0v) is 10.8. The lowest BCUT2D eigenvalue weighted by Crippen LogP contribution is -2.16. The van der Waals surface area contributed by atoms with Crippen LogP contribution in [-0.2, 0) is 11.2 Å². The summed E-state index contributed by atoms with van der Waals surface area (Å²) in [7, 11) is 0. The van der Waals surface area contributed by atoms with Gasteiger partial charge in [0.1, 0.15) is 5.78 Å². The van der Waals surface area contributed by atoms with Gasteiger partial charge in [-0.25, -0.2) is 0 Å². The maximum Gasteiger partial charge on any atom is 0.279 e. The van der Waals surface area contributed by atoms with Crippen molar-refractivity contribution in [3.05, 3.63) is 44.0 Å². The number of ketones is 1. The number of carbonyl (C=O) groups excluding carboxylic acids is 1. The molecule has 20 heavy (non-hydrogen) atoms. The first-order valence-corrected chi connectivity index (χ1v) is 5.89. The van der Waals surface area contributed by atoms with E-state index in [1.54, 1.807) is 0 Å². The summed E-state index contributed by atoms with van der Waals surface area (Å²) < 4.78 is 0. The van der Waals surface area contributed by atoms with Crippen LogP contribution in [0.4, 0.5) is 11.4 Å². The minimum absolute atomic E-state index is 0.0736. The molecule has 0 saturated heterocycles. The van der Waals surface area contributed by atoms with Gasteiger partial charge in [0.05, 0.1) is 15.9 Å². The molecule has 8 heteroatoms. The van der Waals surface area contributed by atoms with Gasteiger partial charge in [0.25, 0.3) is 11.4 Å². The van der Waals surface area contributed by atoms with E-state index < -0.39 is 15.8 Å². The molecule has 0 heterocycles. The molecule has 0 amide bonds. The first kappa shape index (κ1) is 15.7. The van der Waals surface area contributed by atoms with Crippen LogP contribution in [0.25, 0.3) is 0 Å². The van der Waals surface area contributed by atoms with Gasteiger partial charge in [0.15, 0.2) is 0 Å². The molecular weight excluding hydrogens is 268 g/mol. The zero-order valence-electron chi connectivity index (χ0n) is 10.8. The molecule has 0 radical (unpaired) electrons. The van der Waals surface area contributed by atoms with Crippen LogP contribution in [0.1, 0.15) is 18.9 Å².